The van der Waals surface area contributed by atoms with E-state index in [-0.39, 0.29) is 12.3 Å². The number of thiophene rings is 1. The smallest absolute Gasteiger partial charge is 0.221 e. The van der Waals surface area contributed by atoms with Gasteiger partial charge in [-0.2, -0.15) is 0 Å². The Labute approximate surface area is 145 Å². The van der Waals surface area contributed by atoms with Crippen molar-refractivity contribution in [1.82, 2.24) is 10.3 Å². The third kappa shape index (κ3) is 2.85. The molecule has 3 heterocycles. The maximum absolute atomic E-state index is 11.5. The average Bonchev–Trinajstić information content (AvgIpc) is 3.25. The third-order valence-corrected chi connectivity index (χ3v) is 5.77. The van der Waals surface area contributed by atoms with Crippen LogP contribution in [0.3, 0.4) is 0 Å². The van der Waals surface area contributed by atoms with E-state index in [0.717, 1.165) is 37.0 Å². The molecule has 2 aromatic heterocycles. The van der Waals surface area contributed by atoms with Crippen molar-refractivity contribution in [3.8, 4) is 10.4 Å². The maximum atomic E-state index is 11.5. The Kier molecular flexibility index (Phi) is 4.12. The van der Waals surface area contributed by atoms with Crippen LogP contribution >= 0.6 is 11.3 Å². The summed E-state index contributed by atoms with van der Waals surface area (Å²) in [6.07, 6.45) is 4.70. The van der Waals surface area contributed by atoms with Crippen molar-refractivity contribution in [2.75, 3.05) is 13.1 Å². The number of primary amides is 1. The number of hydrogen-bond acceptors (Lipinski definition) is 3. The minimum atomic E-state index is -0.294. The Bertz CT molecular complexity index is 860. The number of carbonyl (C=O) groups is 1. The van der Waals surface area contributed by atoms with Crippen LogP contribution in [0.4, 0.5) is 0 Å². The Morgan fingerprint density at radius 1 is 1.29 bits per heavy atom. The van der Waals surface area contributed by atoms with Gasteiger partial charge < -0.3 is 16.0 Å². The summed E-state index contributed by atoms with van der Waals surface area (Å²) in [5.74, 6) is 0.276. The minimum absolute atomic E-state index is 0.266. The molecule has 4 nitrogen and oxygen atoms in total. The topological polar surface area (TPSA) is 70.9 Å². The molecule has 124 valence electrons. The second-order valence-electron chi connectivity index (χ2n) is 6.45. The monoisotopic (exact) mass is 339 g/mol. The molecule has 0 saturated carbocycles. The van der Waals surface area contributed by atoms with E-state index < -0.39 is 0 Å². The zero-order valence-corrected chi connectivity index (χ0v) is 14.3. The molecule has 5 heteroatoms. The molecule has 3 aromatic rings. The molecule has 0 bridgehead atoms. The number of aromatic amines is 1. The van der Waals surface area contributed by atoms with Gasteiger partial charge in [-0.3, -0.25) is 4.79 Å². The summed E-state index contributed by atoms with van der Waals surface area (Å²) in [6, 6.07) is 8.54. The molecule has 4 N–H and O–H groups in total. The van der Waals surface area contributed by atoms with Gasteiger partial charge in [0, 0.05) is 22.0 Å². The SMILES string of the molecule is NC(=O)Cc1cc(-c2cccs2)cc2c(C3CCNCC3)c[nH]c12. The lowest BCUT2D eigenvalue weighted by Gasteiger charge is -2.22. The highest BCUT2D eigenvalue weighted by atomic mass is 32.1. The molecule has 24 heavy (non-hydrogen) atoms. The predicted octanol–water partition coefficient (Wildman–Crippen LogP) is 3.39. The van der Waals surface area contributed by atoms with Crippen LogP contribution in [0.15, 0.2) is 35.8 Å². The van der Waals surface area contributed by atoms with Crippen LogP contribution in [0.25, 0.3) is 21.3 Å². The number of aromatic nitrogens is 1. The summed E-state index contributed by atoms with van der Waals surface area (Å²) >= 11 is 1.72. The zero-order chi connectivity index (χ0) is 16.5. The first-order chi connectivity index (χ1) is 11.7. The van der Waals surface area contributed by atoms with Gasteiger partial charge in [0.2, 0.25) is 5.91 Å². The minimum Gasteiger partial charge on any atom is -0.369 e. The van der Waals surface area contributed by atoms with E-state index >= 15 is 0 Å². The predicted molar refractivity (Wildman–Crippen MR) is 99.4 cm³/mol. The van der Waals surface area contributed by atoms with Gasteiger partial charge in [-0.1, -0.05) is 6.07 Å². The van der Waals surface area contributed by atoms with Crippen molar-refractivity contribution < 1.29 is 4.79 Å². The van der Waals surface area contributed by atoms with Crippen LogP contribution in [0.2, 0.25) is 0 Å². The molecule has 1 aromatic carbocycles. The number of fused-ring (bicyclic) bond motifs is 1. The van der Waals surface area contributed by atoms with Crippen LogP contribution in [-0.2, 0) is 11.2 Å². The highest BCUT2D eigenvalue weighted by Crippen LogP contribution is 2.36. The van der Waals surface area contributed by atoms with E-state index in [9.17, 15) is 4.79 Å². The van der Waals surface area contributed by atoms with Crippen LogP contribution in [0, 0.1) is 0 Å². The van der Waals surface area contributed by atoms with Gasteiger partial charge in [-0.15, -0.1) is 11.3 Å². The van der Waals surface area contributed by atoms with Gasteiger partial charge in [-0.25, -0.2) is 0 Å². The van der Waals surface area contributed by atoms with Crippen molar-refractivity contribution in [1.29, 1.82) is 0 Å². The number of benzene rings is 1. The average molecular weight is 339 g/mol. The summed E-state index contributed by atoms with van der Waals surface area (Å²) in [4.78, 5) is 16.2. The number of nitrogens with one attached hydrogen (secondary N) is 2. The number of amides is 1. The van der Waals surface area contributed by atoms with E-state index in [1.165, 1.54) is 21.4 Å². The molecule has 0 radical (unpaired) electrons. The van der Waals surface area contributed by atoms with Crippen LogP contribution in [-0.4, -0.2) is 24.0 Å². The van der Waals surface area contributed by atoms with Crippen molar-refractivity contribution >= 4 is 28.1 Å². The summed E-state index contributed by atoms with van der Waals surface area (Å²) in [6.45, 7) is 2.13. The lowest BCUT2D eigenvalue weighted by Crippen LogP contribution is -2.26. The normalized spacial score (nSPS) is 15.8. The molecule has 0 atom stereocenters. The fourth-order valence-electron chi connectivity index (χ4n) is 3.71. The molecule has 1 saturated heterocycles. The summed E-state index contributed by atoms with van der Waals surface area (Å²) < 4.78 is 0. The van der Waals surface area contributed by atoms with E-state index in [4.69, 9.17) is 5.73 Å². The highest BCUT2D eigenvalue weighted by Gasteiger charge is 2.20. The van der Waals surface area contributed by atoms with Crippen molar-refractivity contribution in [2.24, 2.45) is 5.73 Å². The van der Waals surface area contributed by atoms with Gasteiger partial charge in [0.25, 0.3) is 0 Å². The van der Waals surface area contributed by atoms with Gasteiger partial charge in [0.15, 0.2) is 0 Å². The molecule has 1 aliphatic rings. The molecule has 1 amide bonds. The summed E-state index contributed by atoms with van der Waals surface area (Å²) in [7, 11) is 0. The van der Waals surface area contributed by atoms with Gasteiger partial charge >= 0.3 is 0 Å². The number of piperidine rings is 1. The largest absolute Gasteiger partial charge is 0.369 e. The fourth-order valence-corrected chi connectivity index (χ4v) is 4.43. The van der Waals surface area contributed by atoms with Gasteiger partial charge in [0.05, 0.1) is 6.42 Å². The van der Waals surface area contributed by atoms with E-state index in [2.05, 4.69) is 46.1 Å². The van der Waals surface area contributed by atoms with Crippen molar-refractivity contribution in [3.05, 3.63) is 47.0 Å². The molecular weight excluding hydrogens is 318 g/mol. The number of nitrogens with two attached hydrogens (primary N) is 1. The number of H-pyrrole nitrogens is 1. The van der Waals surface area contributed by atoms with Crippen LogP contribution in [0.1, 0.15) is 29.9 Å². The number of rotatable bonds is 4. The van der Waals surface area contributed by atoms with Gasteiger partial charge in [-0.05, 0) is 72.1 Å². The second kappa shape index (κ2) is 6.42. The first-order valence-electron chi connectivity index (χ1n) is 8.39. The van der Waals surface area contributed by atoms with Crippen LogP contribution < -0.4 is 11.1 Å². The summed E-state index contributed by atoms with van der Waals surface area (Å²) in [5, 5.41) is 6.75. The van der Waals surface area contributed by atoms with Crippen LogP contribution in [0.5, 0.6) is 0 Å². The van der Waals surface area contributed by atoms with E-state index in [1.54, 1.807) is 11.3 Å². The van der Waals surface area contributed by atoms with E-state index in [1.807, 2.05) is 0 Å². The quantitative estimate of drug-likeness (QED) is 0.682. The molecular formula is C19H21N3OS. The Hall–Kier alpha value is -2.11. The van der Waals surface area contributed by atoms with Crippen molar-refractivity contribution in [2.45, 2.75) is 25.2 Å². The molecule has 0 spiro atoms. The summed E-state index contributed by atoms with van der Waals surface area (Å²) in [5.41, 5.74) is 10.1. The molecule has 0 aliphatic carbocycles. The first kappa shape index (κ1) is 15.4. The molecule has 4 rings (SSSR count). The highest BCUT2D eigenvalue weighted by molar-refractivity contribution is 7.13. The van der Waals surface area contributed by atoms with Crippen molar-refractivity contribution in [3.63, 3.8) is 0 Å². The standard InChI is InChI=1S/C19H21N3OS/c20-18(23)10-14-8-13(17-2-1-7-24-17)9-15-16(11-22-19(14)15)12-3-5-21-6-4-12/h1-2,7-9,11-12,21-22H,3-6,10H2,(H2,20,23). The fraction of sp³-hybridized carbons (Fsp3) is 0.316. The molecule has 0 unspecified atom stereocenters. The Morgan fingerprint density at radius 3 is 2.83 bits per heavy atom. The Morgan fingerprint density at radius 2 is 2.12 bits per heavy atom. The molecule has 1 aliphatic heterocycles. The Balaban J connectivity index is 1.87. The third-order valence-electron chi connectivity index (χ3n) is 4.85. The lowest BCUT2D eigenvalue weighted by atomic mass is 9.89. The first-order valence-corrected chi connectivity index (χ1v) is 9.27. The second-order valence-corrected chi connectivity index (χ2v) is 7.39. The van der Waals surface area contributed by atoms with E-state index in [0.29, 0.717) is 5.92 Å². The lowest BCUT2D eigenvalue weighted by molar-refractivity contribution is -0.117. The number of hydrogen-bond donors (Lipinski definition) is 3. The van der Waals surface area contributed by atoms with Gasteiger partial charge in [0.1, 0.15) is 0 Å². The zero-order valence-electron chi connectivity index (χ0n) is 13.5. The maximum Gasteiger partial charge on any atom is 0.221 e. The number of carbonyl (C=O) groups excluding carboxylic acids is 1. The molecule has 1 fully saturated rings.